The SMILES string of the molecule is [Cl-].[Mg+][CH]=Cc1ccccc1. The van der Waals surface area contributed by atoms with Crippen LogP contribution in [0.1, 0.15) is 5.56 Å². The maximum absolute atomic E-state index is 2.10. The third-order valence-corrected chi connectivity index (χ3v) is 1.35. The topological polar surface area (TPSA) is 0 Å². The second-order valence-electron chi connectivity index (χ2n) is 1.81. The van der Waals surface area contributed by atoms with Crippen molar-refractivity contribution in [1.29, 1.82) is 0 Å². The van der Waals surface area contributed by atoms with Crippen LogP contribution in [0, 0.1) is 0 Å². The Bertz CT molecular complexity index is 194. The molecule has 0 aromatic heterocycles. The van der Waals surface area contributed by atoms with Gasteiger partial charge in [-0.3, -0.25) is 0 Å². The Hall–Kier alpha value is 0.0162. The molecule has 0 saturated carbocycles. The summed E-state index contributed by atoms with van der Waals surface area (Å²) in [6, 6.07) is 10.3. The first kappa shape index (κ1) is 10.0. The molecule has 10 heavy (non-hydrogen) atoms. The van der Waals surface area contributed by atoms with Gasteiger partial charge in [-0.1, -0.05) is 0 Å². The number of halogens is 1. The fourth-order valence-corrected chi connectivity index (χ4v) is 0.972. The Morgan fingerprint density at radius 3 is 2.20 bits per heavy atom. The summed E-state index contributed by atoms with van der Waals surface area (Å²) in [7, 11) is 0. The molecule has 0 unspecified atom stereocenters. The van der Waals surface area contributed by atoms with Gasteiger partial charge in [-0.2, -0.15) is 0 Å². The number of hydrogen-bond acceptors (Lipinski definition) is 0. The zero-order valence-electron chi connectivity index (χ0n) is 5.63. The minimum atomic E-state index is 0. The van der Waals surface area contributed by atoms with Crippen molar-refractivity contribution in [3.63, 3.8) is 0 Å². The summed E-state index contributed by atoms with van der Waals surface area (Å²) in [5.74, 6) is 0. The van der Waals surface area contributed by atoms with E-state index in [1.54, 1.807) is 0 Å². The number of benzene rings is 1. The number of rotatable bonds is 1. The van der Waals surface area contributed by atoms with Crippen molar-refractivity contribution >= 4 is 27.8 Å². The van der Waals surface area contributed by atoms with Gasteiger partial charge in [-0.05, 0) is 0 Å². The molecule has 0 heterocycles. The van der Waals surface area contributed by atoms with Crippen molar-refractivity contribution in [2.75, 3.05) is 0 Å². The summed E-state index contributed by atoms with van der Waals surface area (Å²) in [5.41, 5.74) is 1.27. The second-order valence-corrected chi connectivity index (χ2v) is 2.28. The normalized spacial score (nSPS) is 9.40. The molecule has 1 aromatic carbocycles. The molecule has 0 saturated heterocycles. The molecule has 0 aliphatic rings. The van der Waals surface area contributed by atoms with Gasteiger partial charge >= 0.3 is 67.9 Å². The van der Waals surface area contributed by atoms with E-state index in [2.05, 4.69) is 22.4 Å². The zero-order valence-corrected chi connectivity index (χ0v) is 7.80. The Balaban J connectivity index is 0.000000810. The van der Waals surface area contributed by atoms with Crippen LogP contribution >= 0.6 is 0 Å². The predicted octanol–water partition coefficient (Wildman–Crippen LogP) is -1.17. The summed E-state index contributed by atoms with van der Waals surface area (Å²) in [5, 5.41) is 0. The average molecular weight is 163 g/mol. The fraction of sp³-hybridized carbons (Fsp3) is 0. The summed E-state index contributed by atoms with van der Waals surface area (Å²) in [6.45, 7) is 0. The second kappa shape index (κ2) is 5.78. The summed E-state index contributed by atoms with van der Waals surface area (Å²) in [4.78, 5) is 0. The van der Waals surface area contributed by atoms with Crippen LogP contribution in [0.15, 0.2) is 34.5 Å². The molecule has 0 aliphatic carbocycles. The van der Waals surface area contributed by atoms with Crippen LogP contribution in [0.3, 0.4) is 0 Å². The standard InChI is InChI=1S/C8H7.ClH.Mg/c1-2-8-6-4-3-5-7-8;;/h1-7H;1H;/q;;+1/p-1. The van der Waals surface area contributed by atoms with E-state index in [1.165, 1.54) is 5.56 Å². The molecule has 0 atom stereocenters. The van der Waals surface area contributed by atoms with Gasteiger partial charge in [-0.15, -0.1) is 0 Å². The van der Waals surface area contributed by atoms with Crippen LogP contribution in [-0.4, -0.2) is 21.7 Å². The summed E-state index contributed by atoms with van der Waals surface area (Å²) < 4.78 is 2.06. The summed E-state index contributed by atoms with van der Waals surface area (Å²) in [6.07, 6.45) is 2.10. The zero-order chi connectivity index (χ0) is 6.53. The average Bonchev–Trinajstić information content (AvgIpc) is 1.91. The van der Waals surface area contributed by atoms with Gasteiger partial charge in [0.1, 0.15) is 0 Å². The van der Waals surface area contributed by atoms with Gasteiger partial charge in [0.15, 0.2) is 0 Å². The van der Waals surface area contributed by atoms with E-state index in [-0.39, 0.29) is 12.4 Å². The van der Waals surface area contributed by atoms with Gasteiger partial charge in [-0.25, -0.2) is 0 Å². The van der Waals surface area contributed by atoms with Crippen molar-refractivity contribution < 1.29 is 12.4 Å². The Labute approximate surface area is 80.2 Å². The molecule has 0 fully saturated rings. The molecule has 1 aromatic rings. The third kappa shape index (κ3) is 3.25. The number of hydrogen-bond donors (Lipinski definition) is 0. The maximum atomic E-state index is 2.10. The van der Waals surface area contributed by atoms with Gasteiger partial charge in [0.2, 0.25) is 0 Å². The van der Waals surface area contributed by atoms with Crippen molar-refractivity contribution in [2.45, 2.75) is 0 Å². The molecule has 0 nitrogen and oxygen atoms in total. The first-order valence-electron chi connectivity index (χ1n) is 2.94. The van der Waals surface area contributed by atoms with Crippen molar-refractivity contribution in [3.05, 3.63) is 40.1 Å². The van der Waals surface area contributed by atoms with Gasteiger partial charge in [0.25, 0.3) is 0 Å². The van der Waals surface area contributed by atoms with Crippen LogP contribution in [0.2, 0.25) is 0 Å². The molecule has 0 amide bonds. The van der Waals surface area contributed by atoms with Crippen molar-refractivity contribution in [3.8, 4) is 0 Å². The van der Waals surface area contributed by atoms with E-state index in [0.717, 1.165) is 0 Å². The van der Waals surface area contributed by atoms with Crippen molar-refractivity contribution in [1.82, 2.24) is 0 Å². The van der Waals surface area contributed by atoms with E-state index in [0.29, 0.717) is 0 Å². The summed E-state index contributed by atoms with van der Waals surface area (Å²) >= 11 is 1.85. The fourth-order valence-electron chi connectivity index (χ4n) is 0.700. The van der Waals surface area contributed by atoms with Gasteiger partial charge < -0.3 is 12.4 Å². The van der Waals surface area contributed by atoms with Crippen LogP contribution < -0.4 is 12.4 Å². The Morgan fingerprint density at radius 1 is 1.10 bits per heavy atom. The molecule has 0 radical (unpaired) electrons. The molecule has 0 N–H and O–H groups in total. The Kier molecular flexibility index (Phi) is 5.78. The Morgan fingerprint density at radius 2 is 1.70 bits per heavy atom. The van der Waals surface area contributed by atoms with Crippen molar-refractivity contribution in [2.24, 2.45) is 0 Å². The quantitative estimate of drug-likeness (QED) is 0.457. The predicted molar refractivity (Wildman–Crippen MR) is 41.2 cm³/mol. The molecule has 1 rings (SSSR count). The molecule has 2 heteroatoms. The van der Waals surface area contributed by atoms with Crippen LogP contribution in [0.25, 0.3) is 6.08 Å². The molecular weight excluding hydrogens is 156 g/mol. The third-order valence-electron chi connectivity index (χ3n) is 1.11. The van der Waals surface area contributed by atoms with E-state index in [9.17, 15) is 0 Å². The molecule has 0 aliphatic heterocycles. The van der Waals surface area contributed by atoms with Gasteiger partial charge in [0.05, 0.1) is 0 Å². The van der Waals surface area contributed by atoms with Crippen LogP contribution in [0.4, 0.5) is 0 Å². The molecule has 0 bridgehead atoms. The van der Waals surface area contributed by atoms with E-state index >= 15 is 0 Å². The monoisotopic (exact) mass is 162 g/mol. The van der Waals surface area contributed by atoms with Crippen LogP contribution in [0.5, 0.6) is 0 Å². The van der Waals surface area contributed by atoms with E-state index < -0.39 is 0 Å². The molecule has 0 spiro atoms. The first-order chi connectivity index (χ1) is 4.43. The minimum absolute atomic E-state index is 0. The molecule has 48 valence electrons. The van der Waals surface area contributed by atoms with Crippen LogP contribution in [-0.2, 0) is 0 Å². The van der Waals surface area contributed by atoms with E-state index in [4.69, 9.17) is 0 Å². The first-order valence-corrected chi connectivity index (χ1v) is 3.76. The van der Waals surface area contributed by atoms with Gasteiger partial charge in [0, 0.05) is 0 Å². The molecular formula is C8H7ClMg. The van der Waals surface area contributed by atoms with E-state index in [1.807, 2.05) is 39.9 Å².